The lowest BCUT2D eigenvalue weighted by Crippen LogP contribution is -2.47. The fourth-order valence-electron chi connectivity index (χ4n) is 4.35. The lowest BCUT2D eigenvalue weighted by atomic mass is 9.88. The normalized spacial score (nSPS) is 18.8. The smallest absolute Gasteiger partial charge is 0.416 e. The summed E-state index contributed by atoms with van der Waals surface area (Å²) in [5.74, 6) is -0.120. The van der Waals surface area contributed by atoms with Crippen LogP contribution in [0.25, 0.3) is 0 Å². The van der Waals surface area contributed by atoms with E-state index in [1.807, 2.05) is 12.1 Å². The molecule has 0 spiro atoms. The Bertz CT molecular complexity index is 1080. The molecule has 7 nitrogen and oxygen atoms in total. The highest BCUT2D eigenvalue weighted by atomic mass is 19.4. The summed E-state index contributed by atoms with van der Waals surface area (Å²) >= 11 is 0. The number of ether oxygens (including phenoxy) is 1. The van der Waals surface area contributed by atoms with Gasteiger partial charge in [0.15, 0.2) is 0 Å². The van der Waals surface area contributed by atoms with Gasteiger partial charge in [0, 0.05) is 62.8 Å². The Morgan fingerprint density at radius 2 is 2.00 bits per heavy atom. The van der Waals surface area contributed by atoms with Gasteiger partial charge in [-0.25, -0.2) is 4.98 Å². The number of hydrogen-bond donors (Lipinski definition) is 2. The van der Waals surface area contributed by atoms with Crippen LogP contribution in [-0.4, -0.2) is 52.0 Å². The number of benzene rings is 1. The van der Waals surface area contributed by atoms with Crippen LogP contribution in [0.1, 0.15) is 23.2 Å². The lowest BCUT2D eigenvalue weighted by Gasteiger charge is -2.37. The SMILES string of the molecule is O=C(NCCc1cnc[nH]1)[C@@H]1C[C@H](COc2cccc(C(F)(F)F)c2)CN(Cc2ccncc2)C1. The van der Waals surface area contributed by atoms with Crippen molar-refractivity contribution in [2.75, 3.05) is 26.2 Å². The van der Waals surface area contributed by atoms with Crippen LogP contribution >= 0.6 is 0 Å². The number of nitrogens with one attached hydrogen (secondary N) is 2. The molecule has 3 aromatic rings. The van der Waals surface area contributed by atoms with Crippen LogP contribution in [0.2, 0.25) is 0 Å². The number of H-pyrrole nitrogens is 1. The number of halogens is 3. The molecular formula is C25H28F3N5O2. The number of piperidine rings is 1. The molecule has 0 saturated carbocycles. The number of likely N-dealkylation sites (tertiary alicyclic amines) is 1. The van der Waals surface area contributed by atoms with Crippen molar-refractivity contribution in [3.8, 4) is 5.75 Å². The molecule has 0 unspecified atom stereocenters. The molecule has 1 fully saturated rings. The van der Waals surface area contributed by atoms with Gasteiger partial charge in [-0.1, -0.05) is 6.07 Å². The minimum Gasteiger partial charge on any atom is -0.493 e. The van der Waals surface area contributed by atoms with Crippen LogP contribution in [0.15, 0.2) is 61.3 Å². The average molecular weight is 488 g/mol. The molecule has 1 aliphatic rings. The molecule has 0 bridgehead atoms. The summed E-state index contributed by atoms with van der Waals surface area (Å²) in [6.07, 6.45) is 3.61. The zero-order valence-corrected chi connectivity index (χ0v) is 19.2. The van der Waals surface area contributed by atoms with Gasteiger partial charge in [-0.3, -0.25) is 14.7 Å². The van der Waals surface area contributed by atoms with Gasteiger partial charge in [0.2, 0.25) is 5.91 Å². The van der Waals surface area contributed by atoms with Gasteiger partial charge in [-0.05, 0) is 42.3 Å². The molecule has 1 aromatic carbocycles. The Labute approximate surface area is 201 Å². The number of nitrogens with zero attached hydrogens (tertiary/aromatic N) is 3. The van der Waals surface area contributed by atoms with E-state index in [1.165, 1.54) is 12.1 Å². The predicted molar refractivity (Wildman–Crippen MR) is 123 cm³/mol. The predicted octanol–water partition coefficient (Wildman–Crippen LogP) is 3.70. The molecule has 186 valence electrons. The maximum atomic E-state index is 13.0. The molecule has 1 aliphatic heterocycles. The number of carbonyl (C=O) groups is 1. The van der Waals surface area contributed by atoms with E-state index >= 15 is 0 Å². The first-order valence-corrected chi connectivity index (χ1v) is 11.5. The molecule has 1 amide bonds. The fraction of sp³-hybridized carbons (Fsp3) is 0.400. The standard InChI is InChI=1S/C25H28F3N5O2/c26-25(27,28)21-2-1-3-23(11-21)35-16-19-10-20(24(34)31-9-6-22-12-30-17-32-22)15-33(14-19)13-18-4-7-29-8-5-18/h1-5,7-8,11-12,17,19-20H,6,9-10,13-16H2,(H,30,32)(H,31,34)/t19-,20+/m0/s1. The minimum absolute atomic E-state index is 0.0107. The summed E-state index contributed by atoms with van der Waals surface area (Å²) in [5, 5.41) is 3.00. The monoisotopic (exact) mass is 487 g/mol. The topological polar surface area (TPSA) is 83.1 Å². The Kier molecular flexibility index (Phi) is 8.02. The first-order chi connectivity index (χ1) is 16.9. The molecule has 2 N–H and O–H groups in total. The van der Waals surface area contributed by atoms with Gasteiger partial charge in [0.25, 0.3) is 0 Å². The molecule has 2 aromatic heterocycles. The van der Waals surface area contributed by atoms with Crippen LogP contribution in [-0.2, 0) is 23.9 Å². The molecule has 2 atom stereocenters. The van der Waals surface area contributed by atoms with Gasteiger partial charge < -0.3 is 15.0 Å². The molecule has 1 saturated heterocycles. The molecule has 3 heterocycles. The van der Waals surface area contributed by atoms with E-state index in [0.717, 1.165) is 23.4 Å². The zero-order chi connectivity index (χ0) is 24.7. The number of pyridine rings is 1. The highest BCUT2D eigenvalue weighted by Crippen LogP contribution is 2.32. The van der Waals surface area contributed by atoms with E-state index in [1.54, 1.807) is 24.9 Å². The highest BCUT2D eigenvalue weighted by Gasteiger charge is 2.33. The second-order valence-corrected chi connectivity index (χ2v) is 8.80. The average Bonchev–Trinajstić information content (AvgIpc) is 3.36. The quantitative estimate of drug-likeness (QED) is 0.481. The first-order valence-electron chi connectivity index (χ1n) is 11.5. The van der Waals surface area contributed by atoms with Gasteiger partial charge >= 0.3 is 6.18 Å². The van der Waals surface area contributed by atoms with Gasteiger partial charge in [0.1, 0.15) is 5.75 Å². The number of alkyl halides is 3. The van der Waals surface area contributed by atoms with Crippen LogP contribution in [0, 0.1) is 11.8 Å². The summed E-state index contributed by atoms with van der Waals surface area (Å²) in [5.41, 5.74) is 1.28. The van der Waals surface area contributed by atoms with Crippen molar-refractivity contribution in [2.24, 2.45) is 11.8 Å². The molecule has 10 heteroatoms. The third-order valence-electron chi connectivity index (χ3n) is 6.03. The third kappa shape index (κ3) is 7.29. The van der Waals surface area contributed by atoms with Crippen molar-refractivity contribution in [3.05, 3.63) is 78.1 Å². The third-order valence-corrected chi connectivity index (χ3v) is 6.03. The number of rotatable bonds is 9. The van der Waals surface area contributed by atoms with Crippen LogP contribution in [0.4, 0.5) is 13.2 Å². The summed E-state index contributed by atoms with van der Waals surface area (Å²) in [6, 6.07) is 8.76. The van der Waals surface area contributed by atoms with Crippen molar-refractivity contribution in [1.82, 2.24) is 25.2 Å². The Morgan fingerprint density at radius 3 is 2.74 bits per heavy atom. The van der Waals surface area contributed by atoms with E-state index in [4.69, 9.17) is 4.74 Å². The van der Waals surface area contributed by atoms with Gasteiger partial charge in [0.05, 0.1) is 24.4 Å². The maximum Gasteiger partial charge on any atom is 0.416 e. The van der Waals surface area contributed by atoms with Crippen LogP contribution in [0.3, 0.4) is 0 Å². The van der Waals surface area contributed by atoms with E-state index in [-0.39, 0.29) is 30.1 Å². The second kappa shape index (κ2) is 11.4. The lowest BCUT2D eigenvalue weighted by molar-refractivity contribution is -0.137. The number of carbonyl (C=O) groups excluding carboxylic acids is 1. The number of aromatic amines is 1. The number of hydrogen-bond acceptors (Lipinski definition) is 5. The molecular weight excluding hydrogens is 459 g/mol. The summed E-state index contributed by atoms with van der Waals surface area (Å²) < 4.78 is 44.9. The maximum absolute atomic E-state index is 13.0. The second-order valence-electron chi connectivity index (χ2n) is 8.80. The van der Waals surface area contributed by atoms with Crippen molar-refractivity contribution in [1.29, 1.82) is 0 Å². The van der Waals surface area contributed by atoms with Crippen molar-refractivity contribution in [3.63, 3.8) is 0 Å². The Morgan fingerprint density at radius 1 is 1.17 bits per heavy atom. The molecule has 0 aliphatic carbocycles. The van der Waals surface area contributed by atoms with E-state index < -0.39 is 11.7 Å². The Balaban J connectivity index is 1.38. The first kappa shape index (κ1) is 24.7. The molecule has 35 heavy (non-hydrogen) atoms. The van der Waals surface area contributed by atoms with Crippen LogP contribution < -0.4 is 10.1 Å². The zero-order valence-electron chi connectivity index (χ0n) is 19.2. The van der Waals surface area contributed by atoms with E-state index in [0.29, 0.717) is 39.0 Å². The fourth-order valence-corrected chi connectivity index (χ4v) is 4.35. The number of aromatic nitrogens is 3. The summed E-state index contributed by atoms with van der Waals surface area (Å²) in [6.45, 7) is 2.65. The highest BCUT2D eigenvalue weighted by molar-refractivity contribution is 5.79. The number of amides is 1. The Hall–Kier alpha value is -3.40. The van der Waals surface area contributed by atoms with Gasteiger partial charge in [-0.2, -0.15) is 13.2 Å². The van der Waals surface area contributed by atoms with Crippen molar-refractivity contribution >= 4 is 5.91 Å². The van der Waals surface area contributed by atoms with Gasteiger partial charge in [-0.15, -0.1) is 0 Å². The van der Waals surface area contributed by atoms with Crippen molar-refractivity contribution < 1.29 is 22.7 Å². The minimum atomic E-state index is -4.43. The molecule has 0 radical (unpaired) electrons. The van der Waals surface area contributed by atoms with E-state index in [2.05, 4.69) is 25.2 Å². The van der Waals surface area contributed by atoms with Crippen molar-refractivity contribution in [2.45, 2.75) is 25.6 Å². The summed E-state index contributed by atoms with van der Waals surface area (Å²) in [4.78, 5) is 26.2. The van der Waals surface area contributed by atoms with E-state index in [9.17, 15) is 18.0 Å². The molecule has 4 rings (SSSR count). The largest absolute Gasteiger partial charge is 0.493 e. The van der Waals surface area contributed by atoms with Crippen LogP contribution in [0.5, 0.6) is 5.75 Å². The summed E-state index contributed by atoms with van der Waals surface area (Å²) in [7, 11) is 0. The number of imidazole rings is 1.